The summed E-state index contributed by atoms with van der Waals surface area (Å²) in [5.41, 5.74) is 4.21. The van der Waals surface area contributed by atoms with Crippen molar-refractivity contribution in [3.8, 4) is 0 Å². The van der Waals surface area contributed by atoms with Crippen molar-refractivity contribution < 1.29 is 38.8 Å². The molecule has 0 bridgehead atoms. The number of amides is 2. The monoisotopic (exact) mass is 668 g/mol. The van der Waals surface area contributed by atoms with Crippen molar-refractivity contribution in [1.29, 1.82) is 0 Å². The molecule has 1 aliphatic heterocycles. The number of nitrogens with zero attached hydrogens (tertiary/aromatic N) is 5. The van der Waals surface area contributed by atoms with E-state index in [0.717, 1.165) is 17.9 Å². The van der Waals surface area contributed by atoms with Crippen LogP contribution < -0.4 is 26.3 Å². The Labute approximate surface area is 265 Å². The van der Waals surface area contributed by atoms with Gasteiger partial charge in [0.2, 0.25) is 11.9 Å². The van der Waals surface area contributed by atoms with E-state index in [9.17, 15) is 24.3 Å². The number of nitrogens with two attached hydrogens (primary N) is 1. The molecule has 0 unspecified atom stereocenters. The number of nitrogens with one attached hydrogen (secondary N) is 3. The molecule has 3 heterocycles. The predicted molar refractivity (Wildman–Crippen MR) is 162 cm³/mol. The first-order valence-electron chi connectivity index (χ1n) is 13.3. The summed E-state index contributed by atoms with van der Waals surface area (Å²) in [5, 5.41) is 31.8. The quantitative estimate of drug-likeness (QED) is 0.0247. The van der Waals surface area contributed by atoms with Gasteiger partial charge in [0.05, 0.1) is 11.7 Å². The molecule has 44 heavy (non-hydrogen) atoms. The lowest BCUT2D eigenvalue weighted by Crippen LogP contribution is -2.73. The van der Waals surface area contributed by atoms with E-state index in [2.05, 4.69) is 43.7 Å². The topological polar surface area (TPSA) is 225 Å². The fourth-order valence-corrected chi connectivity index (χ4v) is 5.74. The Morgan fingerprint density at radius 2 is 2.09 bits per heavy atom. The normalized spacial score (nSPS) is 18.3. The summed E-state index contributed by atoms with van der Waals surface area (Å²) in [6.45, 7) is 2.72. The van der Waals surface area contributed by atoms with E-state index < -0.39 is 47.1 Å². The van der Waals surface area contributed by atoms with Crippen LogP contribution in [0.2, 0.25) is 4.34 Å². The Balaban J connectivity index is 1.56. The first kappa shape index (κ1) is 32.9. The van der Waals surface area contributed by atoms with Crippen molar-refractivity contribution >= 4 is 76.0 Å². The summed E-state index contributed by atoms with van der Waals surface area (Å²) in [5.74, 6) is -3.55. The molecule has 236 valence electrons. The molecule has 2 amide bonds. The summed E-state index contributed by atoms with van der Waals surface area (Å²) in [6.07, 6.45) is 2.71. The maximum absolute atomic E-state index is 13.5. The number of β-lactam (4-membered cyclic amide) rings is 1. The summed E-state index contributed by atoms with van der Waals surface area (Å²) < 4.78 is 1.67. The van der Waals surface area contributed by atoms with Crippen molar-refractivity contribution in [2.75, 3.05) is 36.9 Å². The van der Waals surface area contributed by atoms with E-state index in [1.165, 1.54) is 11.8 Å². The molecule has 2 fully saturated rings. The molecule has 19 heteroatoms. The summed E-state index contributed by atoms with van der Waals surface area (Å²) in [4.78, 5) is 65.0. The number of carboxylic acids is 2. The van der Waals surface area contributed by atoms with E-state index in [-0.39, 0.29) is 33.2 Å². The van der Waals surface area contributed by atoms with Gasteiger partial charge in [-0.2, -0.15) is 12.6 Å². The van der Waals surface area contributed by atoms with Crippen LogP contribution in [0.25, 0.3) is 0 Å². The van der Waals surface area contributed by atoms with Crippen LogP contribution in [-0.2, 0) is 30.6 Å². The summed E-state index contributed by atoms with van der Waals surface area (Å²) >= 11 is 11.4. The van der Waals surface area contributed by atoms with E-state index in [1.54, 1.807) is 23.2 Å². The smallest absolute Gasteiger partial charge is 0.352 e. The molecule has 1 saturated carbocycles. The third-order valence-electron chi connectivity index (χ3n) is 6.95. The van der Waals surface area contributed by atoms with Crippen LogP contribution in [0.5, 0.6) is 0 Å². The third kappa shape index (κ3) is 6.87. The Hall–Kier alpha value is -4.00. The van der Waals surface area contributed by atoms with Crippen LogP contribution in [0.3, 0.4) is 0 Å². The third-order valence-corrected chi connectivity index (χ3v) is 8.42. The van der Waals surface area contributed by atoms with Crippen LogP contribution >= 0.6 is 35.6 Å². The zero-order chi connectivity index (χ0) is 32.2. The van der Waals surface area contributed by atoms with Crippen molar-refractivity contribution in [2.45, 2.75) is 44.0 Å². The molecule has 2 atom stereocenters. The molecule has 2 aliphatic rings. The molecular weight excluding hydrogens is 638 g/mol. The summed E-state index contributed by atoms with van der Waals surface area (Å²) in [7, 11) is 1.84. The van der Waals surface area contributed by atoms with Crippen LogP contribution in [-0.4, -0.2) is 98.1 Å². The number of hydrogen-bond donors (Lipinski definition) is 7. The molecule has 1 spiro atoms. The SMILES string of the molecule is CNCCNc1cc[n+](C/C(CS)=C(\C(=O)O)N2C(=O)[C@@H](NC(=O)/C(=N\O[C@@H](C)C(=O)O)c3nc(N)sc3Cl)C23CC3)cn1. The largest absolute Gasteiger partial charge is 0.478 e. The predicted octanol–water partition coefficient (Wildman–Crippen LogP) is -0.285. The van der Waals surface area contributed by atoms with Crippen molar-refractivity contribution in [3.05, 3.63) is 39.9 Å². The fourth-order valence-electron chi connectivity index (χ4n) is 4.57. The van der Waals surface area contributed by atoms with E-state index in [0.29, 0.717) is 30.8 Å². The van der Waals surface area contributed by atoms with Gasteiger partial charge in [0, 0.05) is 30.5 Å². The minimum Gasteiger partial charge on any atom is -0.478 e. The molecule has 0 aromatic carbocycles. The Kier molecular flexibility index (Phi) is 10.3. The number of aromatic nitrogens is 3. The molecule has 1 aliphatic carbocycles. The average Bonchev–Trinajstić information content (AvgIpc) is 3.73. The number of aliphatic carboxylic acids is 2. The van der Waals surface area contributed by atoms with Crippen molar-refractivity contribution in [1.82, 2.24) is 25.5 Å². The van der Waals surface area contributed by atoms with Crippen LogP contribution in [0.15, 0.2) is 35.0 Å². The van der Waals surface area contributed by atoms with Crippen LogP contribution in [0.1, 0.15) is 25.5 Å². The molecule has 0 radical (unpaired) electrons. The summed E-state index contributed by atoms with van der Waals surface area (Å²) in [6, 6.07) is 0.650. The minimum atomic E-state index is -1.41. The zero-order valence-corrected chi connectivity index (χ0v) is 26.1. The van der Waals surface area contributed by atoms with E-state index in [1.807, 2.05) is 7.05 Å². The molecule has 4 rings (SSSR count). The van der Waals surface area contributed by atoms with Gasteiger partial charge in [0.1, 0.15) is 28.3 Å². The molecule has 16 nitrogen and oxygen atoms in total. The van der Waals surface area contributed by atoms with Crippen LogP contribution in [0.4, 0.5) is 10.9 Å². The number of rotatable bonds is 15. The highest BCUT2D eigenvalue weighted by Gasteiger charge is 2.70. The Bertz CT molecular complexity index is 1510. The van der Waals surface area contributed by atoms with Gasteiger partial charge in [-0.1, -0.05) is 28.1 Å². The number of anilines is 2. The number of carbonyl (C=O) groups excluding carboxylic acids is 2. The number of thiazole rings is 1. The fraction of sp³-hybridized carbons (Fsp3) is 0.440. The minimum absolute atomic E-state index is 0.00559. The van der Waals surface area contributed by atoms with Crippen LogP contribution in [0, 0.1) is 0 Å². The highest BCUT2D eigenvalue weighted by molar-refractivity contribution is 7.80. The first-order chi connectivity index (χ1) is 20.9. The maximum Gasteiger partial charge on any atom is 0.352 e. The highest BCUT2D eigenvalue weighted by atomic mass is 35.5. The lowest BCUT2D eigenvalue weighted by Gasteiger charge is -2.48. The van der Waals surface area contributed by atoms with E-state index in [4.69, 9.17) is 27.3 Å². The second-order valence-corrected chi connectivity index (χ2v) is 11.9. The number of nitrogen functional groups attached to an aromatic ring is 1. The van der Waals surface area contributed by atoms with Gasteiger partial charge in [0.25, 0.3) is 18.1 Å². The van der Waals surface area contributed by atoms with Crippen molar-refractivity contribution in [3.63, 3.8) is 0 Å². The van der Waals surface area contributed by atoms with Gasteiger partial charge in [0.15, 0.2) is 10.8 Å². The Morgan fingerprint density at radius 1 is 1.36 bits per heavy atom. The molecule has 1 saturated heterocycles. The number of thiol groups is 1. The van der Waals surface area contributed by atoms with E-state index >= 15 is 0 Å². The number of likely N-dealkylation sites (N-methyl/N-ethyl adjacent to an activating group) is 1. The molecule has 2 aromatic heterocycles. The van der Waals surface area contributed by atoms with Gasteiger partial charge in [-0.3, -0.25) is 14.5 Å². The lowest BCUT2D eigenvalue weighted by molar-refractivity contribution is -0.691. The van der Waals surface area contributed by atoms with Gasteiger partial charge < -0.3 is 36.7 Å². The highest BCUT2D eigenvalue weighted by Crippen LogP contribution is 2.54. The van der Waals surface area contributed by atoms with Gasteiger partial charge >= 0.3 is 11.9 Å². The number of likely N-dealkylation sites (tertiary alicyclic amines) is 1. The second-order valence-electron chi connectivity index (χ2n) is 9.95. The number of oxime groups is 1. The molecule has 7 N–H and O–H groups in total. The van der Waals surface area contributed by atoms with Gasteiger partial charge in [-0.05, 0) is 31.8 Å². The standard InChI is InChI=1S/C25H30ClN9O7S2/c1-12(22(38)39)42-33-16(15-19(26)44-24(27)31-15)20(36)32-18-21(37)35(25(18)4-5-25)17(23(40)41)13(10-43)9-34-8-3-14(30-11-34)29-7-6-28-2/h3,8,11-12,18,28H,4-7,9-10H2,1-2H3,(H6,27,31,32,36,38,39,40,41,43)/p+1/b17-13-,33-16-/t12-,18+/m0/s1. The zero-order valence-electron chi connectivity index (χ0n) is 23.6. The lowest BCUT2D eigenvalue weighted by atomic mass is 9.89. The average molecular weight is 669 g/mol. The number of hydrogen-bond acceptors (Lipinski definition) is 13. The second kappa shape index (κ2) is 13.7. The maximum atomic E-state index is 13.5. The number of carboxylic acid groups (broad SMARTS) is 2. The first-order valence-corrected chi connectivity index (χ1v) is 15.1. The van der Waals surface area contributed by atoms with Gasteiger partial charge in [-0.15, -0.1) is 0 Å². The number of carbonyl (C=O) groups is 4. The number of halogens is 1. The Morgan fingerprint density at radius 3 is 2.61 bits per heavy atom. The van der Waals surface area contributed by atoms with Crippen molar-refractivity contribution in [2.24, 2.45) is 5.16 Å². The molecular formula is C25H31ClN9O7S2+. The molecule has 2 aromatic rings. The van der Waals surface area contributed by atoms with Gasteiger partial charge in [-0.25, -0.2) is 19.1 Å².